The van der Waals surface area contributed by atoms with Crippen molar-refractivity contribution in [2.45, 2.75) is 52.2 Å². The zero-order valence-electron chi connectivity index (χ0n) is 13.0. The summed E-state index contributed by atoms with van der Waals surface area (Å²) in [6.45, 7) is 9.92. The number of nitrogens with zero attached hydrogens (tertiary/aromatic N) is 3. The van der Waals surface area contributed by atoms with E-state index in [4.69, 9.17) is 4.42 Å². The first kappa shape index (κ1) is 15.4. The maximum absolute atomic E-state index is 11.9. The number of imide groups is 1. The smallest absolute Gasteiger partial charge is 0.319 e. The van der Waals surface area contributed by atoms with Gasteiger partial charge in [0, 0.05) is 5.54 Å². The molecule has 8 heteroatoms. The van der Waals surface area contributed by atoms with Crippen LogP contribution in [0, 0.1) is 0 Å². The maximum atomic E-state index is 11.9. The van der Waals surface area contributed by atoms with Crippen LogP contribution in [0.4, 0.5) is 6.01 Å². The van der Waals surface area contributed by atoms with E-state index in [1.165, 1.54) is 4.90 Å². The van der Waals surface area contributed by atoms with Crippen LogP contribution in [0.15, 0.2) is 4.42 Å². The molecule has 21 heavy (non-hydrogen) atoms. The summed E-state index contributed by atoms with van der Waals surface area (Å²) in [7, 11) is 0. The molecule has 116 valence electrons. The molecular formula is C13H21N5O3. The van der Waals surface area contributed by atoms with Crippen molar-refractivity contribution in [3.8, 4) is 0 Å². The molecule has 0 atom stereocenters. The average Bonchev–Trinajstić information content (AvgIpc) is 2.79. The lowest BCUT2D eigenvalue weighted by molar-refractivity contribution is -0.135. The summed E-state index contributed by atoms with van der Waals surface area (Å²) in [5.41, 5.74) is -0.996. The van der Waals surface area contributed by atoms with Crippen LogP contribution in [-0.4, -0.2) is 39.6 Å². The molecule has 2 N–H and O–H groups in total. The molecule has 8 nitrogen and oxygen atoms in total. The van der Waals surface area contributed by atoms with Crippen molar-refractivity contribution in [2.24, 2.45) is 0 Å². The molecule has 0 unspecified atom stereocenters. The Morgan fingerprint density at radius 3 is 2.62 bits per heavy atom. The van der Waals surface area contributed by atoms with E-state index in [1.54, 1.807) is 13.8 Å². The second-order valence-corrected chi connectivity index (χ2v) is 6.60. The van der Waals surface area contributed by atoms with Gasteiger partial charge in [-0.25, -0.2) is 0 Å². The van der Waals surface area contributed by atoms with E-state index in [2.05, 4.69) is 20.8 Å². The second kappa shape index (κ2) is 5.10. The summed E-state index contributed by atoms with van der Waals surface area (Å²) < 4.78 is 5.56. The summed E-state index contributed by atoms with van der Waals surface area (Å²) >= 11 is 0. The molecule has 1 saturated heterocycles. The highest BCUT2D eigenvalue weighted by atomic mass is 16.4. The Morgan fingerprint density at radius 1 is 1.33 bits per heavy atom. The second-order valence-electron chi connectivity index (χ2n) is 6.60. The number of anilines is 1. The molecule has 0 spiro atoms. The highest BCUT2D eigenvalue weighted by Gasteiger charge is 2.43. The molecule has 2 amide bonds. The summed E-state index contributed by atoms with van der Waals surface area (Å²) in [5, 5.41) is 13.4. The van der Waals surface area contributed by atoms with Gasteiger partial charge in [0.15, 0.2) is 0 Å². The van der Waals surface area contributed by atoms with E-state index in [9.17, 15) is 9.59 Å². The van der Waals surface area contributed by atoms with Crippen molar-refractivity contribution >= 4 is 17.8 Å². The number of hydrogen-bond donors (Lipinski definition) is 2. The Balaban J connectivity index is 2.16. The quantitative estimate of drug-likeness (QED) is 0.768. The van der Waals surface area contributed by atoms with Crippen molar-refractivity contribution in [3.05, 3.63) is 5.89 Å². The molecule has 2 heterocycles. The van der Waals surface area contributed by atoms with E-state index in [0.717, 1.165) is 0 Å². The van der Waals surface area contributed by atoms with Crippen molar-refractivity contribution < 1.29 is 14.0 Å². The first-order valence-corrected chi connectivity index (χ1v) is 6.79. The monoisotopic (exact) mass is 295 g/mol. The van der Waals surface area contributed by atoms with Gasteiger partial charge < -0.3 is 14.6 Å². The molecule has 0 bridgehead atoms. The van der Waals surface area contributed by atoms with E-state index in [0.29, 0.717) is 12.4 Å². The zero-order valence-corrected chi connectivity index (χ0v) is 13.0. The van der Waals surface area contributed by atoms with Crippen LogP contribution in [0.5, 0.6) is 0 Å². The van der Waals surface area contributed by atoms with Gasteiger partial charge in [-0.2, -0.15) is 0 Å². The summed E-state index contributed by atoms with van der Waals surface area (Å²) in [6, 6.07) is 0.175. The van der Waals surface area contributed by atoms with Gasteiger partial charge in [0.2, 0.25) is 11.8 Å². The standard InChI is InChI=1S/C13H21N5O3/c1-12(2,3)14-6-9-16-17-11(21-9)18-7-8(19)15-10(20)13(18,4)5/h14H,6-7H2,1-5H3,(H,15,19,20). The molecule has 2 rings (SSSR count). The predicted octanol–water partition coefficient (Wildman–Crippen LogP) is 0.199. The largest absolute Gasteiger partial charge is 0.407 e. The molecule has 0 saturated carbocycles. The number of piperazine rings is 1. The predicted molar refractivity (Wildman–Crippen MR) is 75.5 cm³/mol. The minimum atomic E-state index is -0.921. The molecule has 1 aromatic rings. The van der Waals surface area contributed by atoms with Crippen LogP contribution in [0.3, 0.4) is 0 Å². The number of amides is 2. The van der Waals surface area contributed by atoms with Crippen LogP contribution in [0.2, 0.25) is 0 Å². The number of nitrogens with one attached hydrogen (secondary N) is 2. The van der Waals surface area contributed by atoms with Gasteiger partial charge >= 0.3 is 6.01 Å². The number of carbonyl (C=O) groups excluding carboxylic acids is 2. The number of rotatable bonds is 3. The third kappa shape index (κ3) is 3.38. The lowest BCUT2D eigenvalue weighted by atomic mass is 9.99. The molecular weight excluding hydrogens is 274 g/mol. The Hall–Kier alpha value is -1.96. The van der Waals surface area contributed by atoms with Crippen molar-refractivity contribution in [2.75, 3.05) is 11.4 Å². The van der Waals surface area contributed by atoms with E-state index in [1.807, 2.05) is 20.8 Å². The lowest BCUT2D eigenvalue weighted by Gasteiger charge is -2.38. The van der Waals surface area contributed by atoms with E-state index >= 15 is 0 Å². The topological polar surface area (TPSA) is 100 Å². The molecule has 0 aromatic carbocycles. The average molecular weight is 295 g/mol. The van der Waals surface area contributed by atoms with Gasteiger partial charge in [0.25, 0.3) is 5.91 Å². The van der Waals surface area contributed by atoms with Crippen LogP contribution in [-0.2, 0) is 16.1 Å². The normalized spacial score (nSPS) is 18.8. The van der Waals surface area contributed by atoms with Crippen molar-refractivity contribution in [1.29, 1.82) is 0 Å². The van der Waals surface area contributed by atoms with Gasteiger partial charge in [-0.15, -0.1) is 5.10 Å². The lowest BCUT2D eigenvalue weighted by Crippen LogP contribution is -2.64. The molecule has 1 fully saturated rings. The zero-order chi connectivity index (χ0) is 15.8. The van der Waals surface area contributed by atoms with Crippen LogP contribution >= 0.6 is 0 Å². The van der Waals surface area contributed by atoms with E-state index in [-0.39, 0.29) is 29.9 Å². The Labute approximate surface area is 123 Å². The molecule has 1 aliphatic heterocycles. The fourth-order valence-corrected chi connectivity index (χ4v) is 1.86. The first-order chi connectivity index (χ1) is 9.59. The molecule has 0 radical (unpaired) electrons. The summed E-state index contributed by atoms with van der Waals surface area (Å²) in [4.78, 5) is 24.9. The maximum Gasteiger partial charge on any atom is 0.319 e. The Morgan fingerprint density at radius 2 is 2.00 bits per heavy atom. The first-order valence-electron chi connectivity index (χ1n) is 6.79. The van der Waals surface area contributed by atoms with Crippen LogP contribution in [0.25, 0.3) is 0 Å². The van der Waals surface area contributed by atoms with Crippen LogP contribution in [0.1, 0.15) is 40.5 Å². The third-order valence-corrected chi connectivity index (χ3v) is 3.24. The van der Waals surface area contributed by atoms with E-state index < -0.39 is 5.54 Å². The fraction of sp³-hybridized carbons (Fsp3) is 0.692. The van der Waals surface area contributed by atoms with Gasteiger partial charge in [-0.05, 0) is 34.6 Å². The van der Waals surface area contributed by atoms with Crippen LogP contribution < -0.4 is 15.5 Å². The molecule has 1 aliphatic rings. The highest BCUT2D eigenvalue weighted by molar-refractivity contribution is 6.06. The highest BCUT2D eigenvalue weighted by Crippen LogP contribution is 2.25. The summed E-state index contributed by atoms with van der Waals surface area (Å²) in [5.74, 6) is -0.354. The minimum absolute atomic E-state index is 0.00702. The number of carbonyl (C=O) groups is 2. The molecule has 1 aromatic heterocycles. The van der Waals surface area contributed by atoms with Crippen molar-refractivity contribution in [1.82, 2.24) is 20.8 Å². The number of aromatic nitrogens is 2. The van der Waals surface area contributed by atoms with Gasteiger partial charge in [0.1, 0.15) is 12.1 Å². The summed E-state index contributed by atoms with van der Waals surface area (Å²) in [6.07, 6.45) is 0. The van der Waals surface area contributed by atoms with Gasteiger partial charge in [-0.3, -0.25) is 14.9 Å². The molecule has 0 aliphatic carbocycles. The Bertz CT molecular complexity index is 558. The van der Waals surface area contributed by atoms with Gasteiger partial charge in [-0.1, -0.05) is 5.10 Å². The van der Waals surface area contributed by atoms with Gasteiger partial charge in [0.05, 0.1) is 6.54 Å². The number of hydrogen-bond acceptors (Lipinski definition) is 7. The SMILES string of the molecule is CC(C)(C)NCc1nnc(N2CC(=O)NC(=O)C2(C)C)o1. The minimum Gasteiger partial charge on any atom is -0.407 e. The fourth-order valence-electron chi connectivity index (χ4n) is 1.86. The Kier molecular flexibility index (Phi) is 3.75. The van der Waals surface area contributed by atoms with Crippen molar-refractivity contribution in [3.63, 3.8) is 0 Å². The third-order valence-electron chi connectivity index (χ3n) is 3.24.